The number of nitrogens with zero attached hydrogens (tertiary/aromatic N) is 2. The maximum atomic E-state index is 12.2. The van der Waals surface area contributed by atoms with Crippen molar-refractivity contribution in [3.05, 3.63) is 54.2 Å². The second-order valence-corrected chi connectivity index (χ2v) is 3.75. The molecule has 2 rings (SSSR count). The Labute approximate surface area is 105 Å². The molecule has 1 aromatic heterocycles. The van der Waals surface area contributed by atoms with E-state index in [0.717, 1.165) is 5.69 Å². The summed E-state index contributed by atoms with van der Waals surface area (Å²) >= 11 is 0. The van der Waals surface area contributed by atoms with Crippen LogP contribution in [-0.2, 0) is 0 Å². The normalized spacial score (nSPS) is 9.89. The van der Waals surface area contributed by atoms with Crippen molar-refractivity contribution in [2.24, 2.45) is 5.84 Å². The lowest BCUT2D eigenvalue weighted by molar-refractivity contribution is 0.0988. The molecule has 1 amide bonds. The van der Waals surface area contributed by atoms with E-state index in [1.807, 2.05) is 30.3 Å². The van der Waals surface area contributed by atoms with Gasteiger partial charge in [-0.1, -0.05) is 24.3 Å². The van der Waals surface area contributed by atoms with Gasteiger partial charge in [-0.25, -0.2) is 10.8 Å². The Morgan fingerprint density at radius 3 is 2.56 bits per heavy atom. The number of hydrazine groups is 1. The molecule has 0 fully saturated rings. The number of rotatable bonds is 3. The number of hydrogen-bond donors (Lipinski definition) is 2. The summed E-state index contributed by atoms with van der Waals surface area (Å²) in [6, 6.07) is 14.5. The third-order valence-corrected chi connectivity index (χ3v) is 2.56. The van der Waals surface area contributed by atoms with Crippen LogP contribution in [0.5, 0.6) is 0 Å². The number of benzene rings is 1. The van der Waals surface area contributed by atoms with Crippen molar-refractivity contribution in [2.75, 3.05) is 17.4 Å². The molecule has 1 aromatic carbocycles. The average molecular weight is 242 g/mol. The van der Waals surface area contributed by atoms with Gasteiger partial charge >= 0.3 is 0 Å². The molecule has 0 bridgehead atoms. The summed E-state index contributed by atoms with van der Waals surface area (Å²) in [4.78, 5) is 17.9. The van der Waals surface area contributed by atoms with Crippen molar-refractivity contribution >= 4 is 17.4 Å². The van der Waals surface area contributed by atoms with Crippen molar-refractivity contribution in [1.82, 2.24) is 4.98 Å². The lowest BCUT2D eigenvalue weighted by atomic mass is 10.2. The van der Waals surface area contributed by atoms with Gasteiger partial charge in [0.05, 0.1) is 0 Å². The highest BCUT2D eigenvalue weighted by Gasteiger charge is 2.14. The largest absolute Gasteiger partial charge is 0.310 e. The van der Waals surface area contributed by atoms with Crippen LogP contribution in [0.2, 0.25) is 0 Å². The molecule has 1 heterocycles. The van der Waals surface area contributed by atoms with E-state index in [1.54, 1.807) is 30.1 Å². The van der Waals surface area contributed by atoms with E-state index in [1.165, 1.54) is 0 Å². The quantitative estimate of drug-likeness (QED) is 0.634. The van der Waals surface area contributed by atoms with E-state index in [9.17, 15) is 4.79 Å². The van der Waals surface area contributed by atoms with E-state index < -0.39 is 0 Å². The number of nitrogens with one attached hydrogen (secondary N) is 1. The van der Waals surface area contributed by atoms with Crippen molar-refractivity contribution < 1.29 is 4.79 Å². The van der Waals surface area contributed by atoms with Crippen LogP contribution in [0.25, 0.3) is 0 Å². The van der Waals surface area contributed by atoms with E-state index in [0.29, 0.717) is 11.5 Å². The lowest BCUT2D eigenvalue weighted by Gasteiger charge is -2.16. The number of amides is 1. The van der Waals surface area contributed by atoms with Gasteiger partial charge in [-0.05, 0) is 24.3 Å². The number of para-hydroxylation sites is 1. The fourth-order valence-electron chi connectivity index (χ4n) is 1.57. The van der Waals surface area contributed by atoms with Crippen molar-refractivity contribution in [3.8, 4) is 0 Å². The zero-order valence-corrected chi connectivity index (χ0v) is 10.00. The number of hydrogen-bond acceptors (Lipinski definition) is 4. The number of anilines is 2. The molecule has 2 aromatic rings. The Balaban J connectivity index is 2.25. The number of carbonyl (C=O) groups excluding carboxylic acids is 1. The van der Waals surface area contributed by atoms with Gasteiger partial charge in [0.15, 0.2) is 0 Å². The molecule has 5 heteroatoms. The third kappa shape index (κ3) is 2.46. The zero-order chi connectivity index (χ0) is 13.0. The summed E-state index contributed by atoms with van der Waals surface area (Å²) in [5, 5.41) is 0. The summed E-state index contributed by atoms with van der Waals surface area (Å²) in [5.41, 5.74) is 3.58. The molecule has 0 spiro atoms. The topological polar surface area (TPSA) is 71.2 Å². The molecule has 0 saturated carbocycles. The van der Waals surface area contributed by atoms with Crippen molar-refractivity contribution in [3.63, 3.8) is 0 Å². The van der Waals surface area contributed by atoms with Crippen LogP contribution in [0.15, 0.2) is 48.5 Å². The van der Waals surface area contributed by atoms with Gasteiger partial charge in [0.2, 0.25) is 0 Å². The summed E-state index contributed by atoms with van der Waals surface area (Å²) in [7, 11) is 1.71. The molecule has 0 aliphatic heterocycles. The van der Waals surface area contributed by atoms with E-state index in [-0.39, 0.29) is 5.91 Å². The Hall–Kier alpha value is -2.40. The maximum Gasteiger partial charge on any atom is 0.276 e. The molecule has 0 radical (unpaired) electrons. The molecule has 0 aliphatic rings. The molecule has 3 N–H and O–H groups in total. The standard InChI is InChI=1S/C13H14N4O/c1-17(10-6-3-2-4-7-10)13(18)11-8-5-9-12(15-11)16-14/h2-9H,14H2,1H3,(H,15,16). The van der Waals surface area contributed by atoms with Crippen LogP contribution >= 0.6 is 0 Å². The fraction of sp³-hybridized carbons (Fsp3) is 0.0769. The van der Waals surface area contributed by atoms with Gasteiger partial charge < -0.3 is 10.3 Å². The second kappa shape index (κ2) is 5.29. The van der Waals surface area contributed by atoms with Crippen molar-refractivity contribution in [2.45, 2.75) is 0 Å². The highest BCUT2D eigenvalue weighted by Crippen LogP contribution is 2.14. The second-order valence-electron chi connectivity index (χ2n) is 3.75. The number of nitrogens with two attached hydrogens (primary N) is 1. The monoisotopic (exact) mass is 242 g/mol. The van der Waals surface area contributed by atoms with Gasteiger partial charge in [0, 0.05) is 12.7 Å². The van der Waals surface area contributed by atoms with Crippen LogP contribution in [-0.4, -0.2) is 17.9 Å². The van der Waals surface area contributed by atoms with E-state index in [4.69, 9.17) is 5.84 Å². The first kappa shape index (κ1) is 12.1. The molecule has 18 heavy (non-hydrogen) atoms. The minimum absolute atomic E-state index is 0.182. The Bertz CT molecular complexity index is 542. The minimum Gasteiger partial charge on any atom is -0.310 e. The van der Waals surface area contributed by atoms with E-state index in [2.05, 4.69) is 10.4 Å². The molecule has 0 saturated heterocycles. The van der Waals surface area contributed by atoms with Crippen molar-refractivity contribution in [1.29, 1.82) is 0 Å². The fourth-order valence-corrected chi connectivity index (χ4v) is 1.57. The lowest BCUT2D eigenvalue weighted by Crippen LogP contribution is -2.27. The Kier molecular flexibility index (Phi) is 3.54. The van der Waals surface area contributed by atoms with E-state index >= 15 is 0 Å². The third-order valence-electron chi connectivity index (χ3n) is 2.56. The van der Waals surface area contributed by atoms with Gasteiger partial charge in [-0.15, -0.1) is 0 Å². The van der Waals surface area contributed by atoms with Crippen LogP contribution in [0.3, 0.4) is 0 Å². The summed E-state index contributed by atoms with van der Waals surface area (Å²) in [6.45, 7) is 0. The Morgan fingerprint density at radius 2 is 1.89 bits per heavy atom. The molecule has 0 unspecified atom stereocenters. The molecule has 0 aliphatic carbocycles. The first-order chi connectivity index (χ1) is 8.72. The number of pyridine rings is 1. The Morgan fingerprint density at radius 1 is 1.17 bits per heavy atom. The SMILES string of the molecule is CN(C(=O)c1cccc(NN)n1)c1ccccc1. The van der Waals surface area contributed by atoms with Gasteiger partial charge in [-0.2, -0.15) is 0 Å². The zero-order valence-electron chi connectivity index (χ0n) is 10.00. The smallest absolute Gasteiger partial charge is 0.276 e. The van der Waals surface area contributed by atoms with Gasteiger partial charge in [0.25, 0.3) is 5.91 Å². The molecule has 5 nitrogen and oxygen atoms in total. The minimum atomic E-state index is -0.182. The highest BCUT2D eigenvalue weighted by atomic mass is 16.2. The first-order valence-electron chi connectivity index (χ1n) is 5.49. The summed E-state index contributed by atoms with van der Waals surface area (Å²) < 4.78 is 0. The summed E-state index contributed by atoms with van der Waals surface area (Å²) in [6.07, 6.45) is 0. The first-order valence-corrected chi connectivity index (χ1v) is 5.49. The maximum absolute atomic E-state index is 12.2. The molecule has 0 atom stereocenters. The highest BCUT2D eigenvalue weighted by molar-refractivity contribution is 6.04. The average Bonchev–Trinajstić information content (AvgIpc) is 2.46. The predicted molar refractivity (Wildman–Crippen MR) is 71.2 cm³/mol. The molecular formula is C13H14N4O. The van der Waals surface area contributed by atoms with Crippen LogP contribution in [0.4, 0.5) is 11.5 Å². The molecular weight excluding hydrogens is 228 g/mol. The predicted octanol–water partition coefficient (Wildman–Crippen LogP) is 1.64. The van der Waals surface area contributed by atoms with Crippen LogP contribution in [0.1, 0.15) is 10.5 Å². The van der Waals surface area contributed by atoms with Gasteiger partial charge in [0.1, 0.15) is 11.5 Å². The number of nitrogen functional groups attached to an aromatic ring is 1. The van der Waals surface area contributed by atoms with Crippen LogP contribution < -0.4 is 16.2 Å². The number of aromatic nitrogens is 1. The number of carbonyl (C=O) groups is 1. The molecule has 92 valence electrons. The summed E-state index contributed by atoms with van der Waals surface area (Å²) in [5.74, 6) is 5.55. The van der Waals surface area contributed by atoms with Crippen LogP contribution in [0, 0.1) is 0 Å². The van der Waals surface area contributed by atoms with Gasteiger partial charge in [-0.3, -0.25) is 4.79 Å².